The number of thiophene rings is 1. The number of hydrogen-bond acceptors (Lipinski definition) is 5. The van der Waals surface area contributed by atoms with Gasteiger partial charge >= 0.3 is 0 Å². The summed E-state index contributed by atoms with van der Waals surface area (Å²) in [6.07, 6.45) is 0. The standard InChI is InChI=1S/C14H12ClN3S2/c1-2-16-14-17-12-11(7-8-19-12)13(18-14)20-10-5-3-9(15)4-6-10/h3-8H,2H2,1H3,(H,16,17,18). The third-order valence-corrected chi connectivity index (χ3v) is 4.72. The van der Waals surface area contributed by atoms with Gasteiger partial charge in [0.15, 0.2) is 0 Å². The van der Waals surface area contributed by atoms with Crippen molar-refractivity contribution in [3.8, 4) is 0 Å². The number of aromatic nitrogens is 2. The van der Waals surface area contributed by atoms with E-state index in [1.807, 2.05) is 36.6 Å². The first kappa shape index (κ1) is 13.7. The summed E-state index contributed by atoms with van der Waals surface area (Å²) < 4.78 is 0. The van der Waals surface area contributed by atoms with E-state index in [4.69, 9.17) is 11.6 Å². The van der Waals surface area contributed by atoms with E-state index in [0.29, 0.717) is 5.95 Å². The molecule has 0 radical (unpaired) electrons. The predicted octanol–water partition coefficient (Wildman–Crippen LogP) is 4.93. The van der Waals surface area contributed by atoms with Crippen molar-refractivity contribution in [3.05, 3.63) is 40.7 Å². The van der Waals surface area contributed by atoms with Crippen molar-refractivity contribution in [2.24, 2.45) is 0 Å². The molecule has 0 aliphatic carbocycles. The molecule has 3 rings (SSSR count). The summed E-state index contributed by atoms with van der Waals surface area (Å²) in [6.45, 7) is 2.84. The molecule has 0 aliphatic rings. The zero-order valence-electron chi connectivity index (χ0n) is 10.8. The quantitative estimate of drug-likeness (QED) is 0.691. The minimum Gasteiger partial charge on any atom is -0.354 e. The lowest BCUT2D eigenvalue weighted by atomic mass is 10.4. The normalized spacial score (nSPS) is 10.9. The lowest BCUT2D eigenvalue weighted by Crippen LogP contribution is -2.02. The maximum Gasteiger partial charge on any atom is 0.225 e. The van der Waals surface area contributed by atoms with Crippen LogP contribution in [0.25, 0.3) is 10.2 Å². The van der Waals surface area contributed by atoms with Crippen molar-refractivity contribution in [1.29, 1.82) is 0 Å². The van der Waals surface area contributed by atoms with Crippen molar-refractivity contribution in [2.45, 2.75) is 16.8 Å². The second kappa shape index (κ2) is 5.99. The highest BCUT2D eigenvalue weighted by atomic mass is 35.5. The average Bonchev–Trinajstić information content (AvgIpc) is 2.90. The van der Waals surface area contributed by atoms with Gasteiger partial charge in [-0.15, -0.1) is 11.3 Å². The lowest BCUT2D eigenvalue weighted by Gasteiger charge is -2.06. The van der Waals surface area contributed by atoms with Gasteiger partial charge in [0, 0.05) is 21.8 Å². The van der Waals surface area contributed by atoms with Gasteiger partial charge in [-0.1, -0.05) is 23.4 Å². The fraction of sp³-hybridized carbons (Fsp3) is 0.143. The molecule has 6 heteroatoms. The van der Waals surface area contributed by atoms with Crippen LogP contribution in [0.15, 0.2) is 45.6 Å². The Balaban J connectivity index is 2.00. The highest BCUT2D eigenvalue weighted by Gasteiger charge is 2.10. The van der Waals surface area contributed by atoms with Gasteiger partial charge in [-0.3, -0.25) is 0 Å². The Morgan fingerprint density at radius 1 is 1.20 bits per heavy atom. The van der Waals surface area contributed by atoms with Crippen LogP contribution in [-0.4, -0.2) is 16.5 Å². The van der Waals surface area contributed by atoms with Crippen molar-refractivity contribution in [1.82, 2.24) is 9.97 Å². The summed E-state index contributed by atoms with van der Waals surface area (Å²) in [4.78, 5) is 11.2. The molecule has 0 aliphatic heterocycles. The van der Waals surface area contributed by atoms with Crippen LogP contribution in [0.1, 0.15) is 6.92 Å². The third kappa shape index (κ3) is 2.90. The number of rotatable bonds is 4. The van der Waals surface area contributed by atoms with E-state index in [-0.39, 0.29) is 0 Å². The molecule has 0 amide bonds. The average molecular weight is 322 g/mol. The highest BCUT2D eigenvalue weighted by molar-refractivity contribution is 7.99. The summed E-state index contributed by atoms with van der Waals surface area (Å²) in [5, 5.41) is 8.02. The summed E-state index contributed by atoms with van der Waals surface area (Å²) in [6, 6.07) is 9.84. The number of halogens is 1. The molecule has 2 aromatic heterocycles. The number of fused-ring (bicyclic) bond motifs is 1. The van der Waals surface area contributed by atoms with Gasteiger partial charge < -0.3 is 5.32 Å². The van der Waals surface area contributed by atoms with Crippen molar-refractivity contribution in [2.75, 3.05) is 11.9 Å². The molecule has 1 N–H and O–H groups in total. The van der Waals surface area contributed by atoms with E-state index in [1.165, 1.54) is 0 Å². The minimum atomic E-state index is 0.680. The molecule has 0 spiro atoms. The number of hydrogen-bond donors (Lipinski definition) is 1. The Labute approximate surface area is 130 Å². The molecule has 102 valence electrons. The van der Waals surface area contributed by atoms with Crippen molar-refractivity contribution >= 4 is 50.9 Å². The van der Waals surface area contributed by atoms with Crippen LogP contribution in [0.2, 0.25) is 5.02 Å². The first-order valence-corrected chi connectivity index (χ1v) is 8.26. The van der Waals surface area contributed by atoms with E-state index in [0.717, 1.165) is 31.7 Å². The van der Waals surface area contributed by atoms with Gasteiger partial charge in [0.1, 0.15) is 9.86 Å². The number of anilines is 1. The van der Waals surface area contributed by atoms with Crippen molar-refractivity contribution < 1.29 is 0 Å². The van der Waals surface area contributed by atoms with Crippen LogP contribution < -0.4 is 5.32 Å². The molecular formula is C14H12ClN3S2. The van der Waals surface area contributed by atoms with Crippen LogP contribution in [0.4, 0.5) is 5.95 Å². The van der Waals surface area contributed by atoms with E-state index < -0.39 is 0 Å². The van der Waals surface area contributed by atoms with E-state index in [9.17, 15) is 0 Å². The van der Waals surface area contributed by atoms with Crippen LogP contribution >= 0.6 is 34.7 Å². The first-order valence-electron chi connectivity index (χ1n) is 6.19. The van der Waals surface area contributed by atoms with Gasteiger partial charge in [-0.2, -0.15) is 0 Å². The van der Waals surface area contributed by atoms with E-state index in [2.05, 4.69) is 21.4 Å². The second-order valence-corrected chi connectivity index (χ2v) is 6.47. The van der Waals surface area contributed by atoms with Gasteiger partial charge in [-0.05, 0) is 42.6 Å². The topological polar surface area (TPSA) is 37.8 Å². The summed E-state index contributed by atoms with van der Waals surface area (Å²) in [5.41, 5.74) is 0. The minimum absolute atomic E-state index is 0.680. The smallest absolute Gasteiger partial charge is 0.225 e. The fourth-order valence-corrected chi connectivity index (χ4v) is 3.61. The molecule has 0 atom stereocenters. The van der Waals surface area contributed by atoms with Crippen molar-refractivity contribution in [3.63, 3.8) is 0 Å². The zero-order chi connectivity index (χ0) is 13.9. The van der Waals surface area contributed by atoms with E-state index >= 15 is 0 Å². The van der Waals surface area contributed by atoms with Gasteiger partial charge in [0.2, 0.25) is 5.95 Å². The Bertz CT molecular complexity index is 725. The first-order chi connectivity index (χ1) is 9.76. The molecular weight excluding hydrogens is 310 g/mol. The molecule has 0 fully saturated rings. The zero-order valence-corrected chi connectivity index (χ0v) is 13.1. The Morgan fingerprint density at radius 3 is 2.75 bits per heavy atom. The Morgan fingerprint density at radius 2 is 2.00 bits per heavy atom. The molecule has 0 saturated heterocycles. The highest BCUT2D eigenvalue weighted by Crippen LogP contribution is 2.34. The third-order valence-electron chi connectivity index (χ3n) is 2.65. The van der Waals surface area contributed by atoms with Gasteiger partial charge in [0.25, 0.3) is 0 Å². The number of nitrogens with zero attached hydrogens (tertiary/aromatic N) is 2. The van der Waals surface area contributed by atoms with Crippen LogP contribution in [0.5, 0.6) is 0 Å². The SMILES string of the molecule is CCNc1nc(Sc2ccc(Cl)cc2)c2ccsc2n1. The van der Waals surface area contributed by atoms with Crippen LogP contribution in [0, 0.1) is 0 Å². The number of benzene rings is 1. The lowest BCUT2D eigenvalue weighted by molar-refractivity contribution is 1.06. The van der Waals surface area contributed by atoms with Crippen LogP contribution in [0.3, 0.4) is 0 Å². The van der Waals surface area contributed by atoms with E-state index in [1.54, 1.807) is 23.1 Å². The Kier molecular flexibility index (Phi) is 4.10. The molecule has 0 bridgehead atoms. The molecule has 2 heterocycles. The molecule has 20 heavy (non-hydrogen) atoms. The summed E-state index contributed by atoms with van der Waals surface area (Å²) in [5.74, 6) is 0.680. The monoisotopic (exact) mass is 321 g/mol. The Hall–Kier alpha value is -1.30. The molecule has 0 unspecified atom stereocenters. The fourth-order valence-electron chi connectivity index (χ4n) is 1.76. The summed E-state index contributed by atoms with van der Waals surface area (Å²) in [7, 11) is 0. The summed E-state index contributed by atoms with van der Waals surface area (Å²) >= 11 is 9.17. The molecule has 0 saturated carbocycles. The van der Waals surface area contributed by atoms with Gasteiger partial charge in [-0.25, -0.2) is 9.97 Å². The number of nitrogens with one attached hydrogen (secondary N) is 1. The predicted molar refractivity (Wildman–Crippen MR) is 87.2 cm³/mol. The maximum absolute atomic E-state index is 5.92. The molecule has 3 nitrogen and oxygen atoms in total. The van der Waals surface area contributed by atoms with Crippen LogP contribution in [-0.2, 0) is 0 Å². The van der Waals surface area contributed by atoms with Gasteiger partial charge in [0.05, 0.1) is 0 Å². The second-order valence-electron chi connectivity index (χ2n) is 4.08. The molecule has 1 aromatic carbocycles. The largest absolute Gasteiger partial charge is 0.354 e. The maximum atomic E-state index is 5.92. The molecule has 3 aromatic rings.